The molecule has 0 unspecified atom stereocenters. The molecule has 0 radical (unpaired) electrons. The van der Waals surface area contributed by atoms with Crippen LogP contribution in [0, 0.1) is 0 Å². The topological polar surface area (TPSA) is 176 Å². The number of hydrogen-bond donors (Lipinski definition) is 0. The van der Waals surface area contributed by atoms with Gasteiger partial charge in [-0.25, -0.2) is 39.5 Å². The van der Waals surface area contributed by atoms with E-state index in [-0.39, 0.29) is 24.3 Å². The van der Waals surface area contributed by atoms with Gasteiger partial charge in [-0.2, -0.15) is 0 Å². The molecule has 8 heterocycles. The summed E-state index contributed by atoms with van der Waals surface area (Å²) in [6.45, 7) is 18.6. The molecule has 6 aromatic rings. The summed E-state index contributed by atoms with van der Waals surface area (Å²) in [6.07, 6.45) is 10.3. The first-order chi connectivity index (χ1) is 31.6. The second kappa shape index (κ2) is 19.4. The van der Waals surface area contributed by atoms with Gasteiger partial charge in [0.15, 0.2) is 11.3 Å². The molecule has 2 atom stereocenters. The van der Waals surface area contributed by atoms with Gasteiger partial charge in [0.2, 0.25) is 6.41 Å². The molecule has 2 aliphatic rings. The third-order valence-electron chi connectivity index (χ3n) is 11.1. The van der Waals surface area contributed by atoms with E-state index in [4.69, 9.17) is 32.7 Å². The number of rotatable bonds is 7. The lowest BCUT2D eigenvalue weighted by molar-refractivity contribution is -0.107. The number of halogens is 2. The Bertz CT molecular complexity index is 2770. The minimum atomic E-state index is -0.554. The number of fused-ring (bicyclic) bond motifs is 2. The van der Waals surface area contributed by atoms with Gasteiger partial charge in [-0.1, -0.05) is 23.2 Å². The third-order valence-corrected chi connectivity index (χ3v) is 11.6. The van der Waals surface area contributed by atoms with E-state index in [0.29, 0.717) is 78.1 Å². The lowest BCUT2D eigenvalue weighted by Gasteiger charge is -2.41. The van der Waals surface area contributed by atoms with Gasteiger partial charge in [0, 0.05) is 119 Å². The molecule has 2 fully saturated rings. The van der Waals surface area contributed by atoms with E-state index in [1.165, 1.54) is 11.2 Å². The molecule has 67 heavy (non-hydrogen) atoms. The van der Waals surface area contributed by atoms with Crippen LogP contribution in [0.2, 0.25) is 10.0 Å². The SMILES string of the molecule is C[C@H]1CN(C(=O)OC(C)(C)C)CCN1c1ncnc2c1c(N(C)C)cn2-c1cc(Cl)ccn1.C[C@H]1CN(C(=O)OC(C)(C)C)CCN1c1ncnc2c1c(N(C)C=O)cn2-c1cc(Cl)ccn1. The van der Waals surface area contributed by atoms with E-state index in [9.17, 15) is 14.4 Å². The van der Waals surface area contributed by atoms with Gasteiger partial charge in [0.1, 0.15) is 47.1 Å². The number of nitrogens with zero attached hydrogens (tertiary/aromatic N) is 14. The Morgan fingerprint density at radius 1 is 0.657 bits per heavy atom. The fourth-order valence-corrected chi connectivity index (χ4v) is 8.39. The summed E-state index contributed by atoms with van der Waals surface area (Å²) in [5.74, 6) is 2.79. The summed E-state index contributed by atoms with van der Waals surface area (Å²) in [5, 5.41) is 2.80. The summed E-state index contributed by atoms with van der Waals surface area (Å²) >= 11 is 12.4. The fourth-order valence-electron chi connectivity index (χ4n) is 8.08. The molecular formula is C46H58Cl2N14O5. The summed E-state index contributed by atoms with van der Waals surface area (Å²) in [6, 6.07) is 6.99. The van der Waals surface area contributed by atoms with Crippen LogP contribution >= 0.6 is 23.2 Å². The van der Waals surface area contributed by atoms with Crippen molar-refractivity contribution in [2.45, 2.75) is 78.7 Å². The highest BCUT2D eigenvalue weighted by Crippen LogP contribution is 2.38. The van der Waals surface area contributed by atoms with Crippen LogP contribution in [0.4, 0.5) is 32.6 Å². The van der Waals surface area contributed by atoms with Crippen LogP contribution in [-0.4, -0.2) is 151 Å². The molecule has 0 bridgehead atoms. The maximum absolute atomic E-state index is 12.6. The van der Waals surface area contributed by atoms with Crippen LogP contribution in [0.1, 0.15) is 55.4 Å². The van der Waals surface area contributed by atoms with Crippen molar-refractivity contribution in [1.29, 1.82) is 0 Å². The molecule has 2 aliphatic heterocycles. The molecule has 21 heteroatoms. The van der Waals surface area contributed by atoms with Gasteiger partial charge < -0.3 is 38.9 Å². The lowest BCUT2D eigenvalue weighted by atomic mass is 10.1. The molecule has 0 saturated carbocycles. The standard InChI is InChI=1S/C23H28ClN7O3.C23H30ClN7O2/c1-15-11-29(22(33)34-23(2,3)4)8-9-30(15)20-19-17(28(5)14-32)12-31(21(19)27-13-26-20)18-10-16(24)6-7-25-18;1-15-12-29(22(32)33-23(2,3)4)9-10-30(15)20-19-17(28(5)6)13-31(21(19)27-14-26-20)18-11-16(24)7-8-25-18/h6-7,10,12-15H,8-9,11H2,1-5H3;7-8,11,13-15H,9-10,12H2,1-6H3/t2*15-/m00/s1. The molecule has 0 spiro atoms. The van der Waals surface area contributed by atoms with E-state index < -0.39 is 11.2 Å². The number of carbonyl (C=O) groups excluding carboxylic acids is 3. The highest BCUT2D eigenvalue weighted by atomic mass is 35.5. The van der Waals surface area contributed by atoms with Crippen LogP contribution in [0.15, 0.2) is 61.7 Å². The van der Waals surface area contributed by atoms with Crippen molar-refractivity contribution in [2.24, 2.45) is 0 Å². The zero-order valence-corrected chi connectivity index (χ0v) is 41.3. The summed E-state index contributed by atoms with van der Waals surface area (Å²) in [5.41, 5.74) is 1.90. The zero-order chi connectivity index (χ0) is 48.5. The lowest BCUT2D eigenvalue weighted by Crippen LogP contribution is -2.54. The van der Waals surface area contributed by atoms with Crippen molar-refractivity contribution >= 4 is 86.9 Å². The highest BCUT2D eigenvalue weighted by Gasteiger charge is 2.34. The number of amides is 3. The van der Waals surface area contributed by atoms with Crippen molar-refractivity contribution < 1.29 is 23.9 Å². The Labute approximate surface area is 400 Å². The Hall–Kier alpha value is -6.47. The monoisotopic (exact) mass is 956 g/mol. The molecule has 6 aromatic heterocycles. The van der Waals surface area contributed by atoms with Gasteiger partial charge in [-0.15, -0.1) is 0 Å². The van der Waals surface area contributed by atoms with Gasteiger partial charge in [-0.05, 0) is 67.5 Å². The smallest absolute Gasteiger partial charge is 0.410 e. The van der Waals surface area contributed by atoms with Crippen molar-refractivity contribution in [3.63, 3.8) is 0 Å². The zero-order valence-electron chi connectivity index (χ0n) is 39.8. The van der Waals surface area contributed by atoms with Crippen molar-refractivity contribution in [2.75, 3.05) is 80.0 Å². The summed E-state index contributed by atoms with van der Waals surface area (Å²) in [7, 11) is 5.66. The number of pyridine rings is 2. The fraction of sp³-hybridized carbons (Fsp3) is 0.457. The predicted molar refractivity (Wildman–Crippen MR) is 261 cm³/mol. The van der Waals surface area contributed by atoms with E-state index >= 15 is 0 Å². The predicted octanol–water partition coefficient (Wildman–Crippen LogP) is 7.49. The summed E-state index contributed by atoms with van der Waals surface area (Å²) < 4.78 is 14.8. The number of anilines is 4. The molecule has 3 amide bonds. The van der Waals surface area contributed by atoms with Crippen LogP contribution in [0.5, 0.6) is 0 Å². The minimum Gasteiger partial charge on any atom is -0.444 e. The molecule has 356 valence electrons. The van der Waals surface area contributed by atoms with Crippen LogP contribution in [0.25, 0.3) is 33.7 Å². The largest absolute Gasteiger partial charge is 0.444 e. The van der Waals surface area contributed by atoms with E-state index in [1.54, 1.807) is 64.5 Å². The second-order valence-corrected chi connectivity index (χ2v) is 19.6. The first kappa shape index (κ1) is 48.5. The van der Waals surface area contributed by atoms with Crippen molar-refractivity contribution in [3.05, 3.63) is 71.8 Å². The Morgan fingerprint density at radius 2 is 1.07 bits per heavy atom. The quantitative estimate of drug-likeness (QED) is 0.144. The van der Waals surface area contributed by atoms with E-state index in [2.05, 4.69) is 46.6 Å². The average molecular weight is 958 g/mol. The Kier molecular flexibility index (Phi) is 14.0. The van der Waals surface area contributed by atoms with Crippen molar-refractivity contribution in [3.8, 4) is 11.6 Å². The minimum absolute atomic E-state index is 0.0404. The van der Waals surface area contributed by atoms with Gasteiger partial charge in [-0.3, -0.25) is 13.9 Å². The highest BCUT2D eigenvalue weighted by molar-refractivity contribution is 6.31. The number of hydrogen-bond acceptors (Lipinski definition) is 14. The first-order valence-corrected chi connectivity index (χ1v) is 22.7. The molecule has 2 saturated heterocycles. The number of carbonyl (C=O) groups is 3. The number of ether oxygens (including phenoxy) is 2. The maximum Gasteiger partial charge on any atom is 0.410 e. The average Bonchev–Trinajstić information content (AvgIpc) is 3.86. The maximum atomic E-state index is 12.6. The number of aromatic nitrogens is 8. The Morgan fingerprint density at radius 3 is 1.45 bits per heavy atom. The molecule has 19 nitrogen and oxygen atoms in total. The number of piperazine rings is 2. The normalized spacial score (nSPS) is 16.7. The molecule has 0 N–H and O–H groups in total. The molecule has 0 aromatic carbocycles. The summed E-state index contributed by atoms with van der Waals surface area (Å²) in [4.78, 5) is 75.5. The third kappa shape index (κ3) is 10.7. The van der Waals surface area contributed by atoms with Crippen LogP contribution < -0.4 is 19.6 Å². The van der Waals surface area contributed by atoms with Crippen LogP contribution in [-0.2, 0) is 14.3 Å². The van der Waals surface area contributed by atoms with Crippen LogP contribution in [0.3, 0.4) is 0 Å². The Balaban J connectivity index is 0.000000199. The van der Waals surface area contributed by atoms with E-state index in [0.717, 1.165) is 34.3 Å². The second-order valence-electron chi connectivity index (χ2n) is 18.8. The van der Waals surface area contributed by atoms with Gasteiger partial charge in [0.25, 0.3) is 0 Å². The molecular weight excluding hydrogens is 900 g/mol. The molecule has 8 rings (SSSR count). The molecule has 0 aliphatic carbocycles. The van der Waals surface area contributed by atoms with Crippen molar-refractivity contribution in [1.82, 2.24) is 48.8 Å². The van der Waals surface area contributed by atoms with Gasteiger partial charge in [0.05, 0.1) is 22.1 Å². The first-order valence-electron chi connectivity index (χ1n) is 21.9. The van der Waals surface area contributed by atoms with Gasteiger partial charge >= 0.3 is 12.2 Å². The van der Waals surface area contributed by atoms with E-state index in [1.807, 2.05) is 84.3 Å².